The number of hydrogen-bond donors (Lipinski definition) is 2. The monoisotopic (exact) mass is 517 g/mol. The van der Waals surface area contributed by atoms with E-state index in [1.807, 2.05) is 0 Å². The second-order valence-corrected chi connectivity index (χ2v) is 14.8. The first-order valence-corrected chi connectivity index (χ1v) is 16.2. The highest BCUT2D eigenvalue weighted by atomic mass is 16.5. The van der Waals surface area contributed by atoms with E-state index in [-0.39, 0.29) is 23.6 Å². The summed E-state index contributed by atoms with van der Waals surface area (Å²) in [7, 11) is 0. The van der Waals surface area contributed by atoms with Crippen LogP contribution in [0.25, 0.3) is 0 Å². The van der Waals surface area contributed by atoms with Crippen LogP contribution in [0.2, 0.25) is 0 Å². The Morgan fingerprint density at radius 1 is 0.973 bits per heavy atom. The molecule has 4 rings (SSSR count). The summed E-state index contributed by atoms with van der Waals surface area (Å²) < 4.78 is 6.28. The second kappa shape index (κ2) is 11.9. The van der Waals surface area contributed by atoms with Crippen LogP contribution in [-0.2, 0) is 9.53 Å². The fourth-order valence-electron chi connectivity index (χ4n) is 10.2. The molecule has 0 heterocycles. The van der Waals surface area contributed by atoms with E-state index in [4.69, 9.17) is 10.5 Å². The van der Waals surface area contributed by atoms with Gasteiger partial charge in [0.25, 0.3) is 0 Å². The minimum Gasteiger partial charge on any atom is -0.461 e. The molecule has 4 nitrogen and oxygen atoms in total. The van der Waals surface area contributed by atoms with Crippen molar-refractivity contribution in [2.24, 2.45) is 58.0 Å². The molecule has 0 amide bonds. The first-order chi connectivity index (χ1) is 17.5. The van der Waals surface area contributed by atoms with Crippen LogP contribution >= 0.6 is 0 Å². The predicted octanol–water partition coefficient (Wildman–Crippen LogP) is 7.51. The number of carbonyl (C=O) groups is 1. The minimum atomic E-state index is -0.539. The van der Waals surface area contributed by atoms with E-state index in [0.29, 0.717) is 30.1 Å². The number of rotatable bonds is 10. The van der Waals surface area contributed by atoms with Crippen molar-refractivity contribution < 1.29 is 14.6 Å². The lowest BCUT2D eigenvalue weighted by Gasteiger charge is -2.62. The lowest BCUT2D eigenvalue weighted by atomic mass is 9.43. The Bertz CT molecular complexity index is 769. The van der Waals surface area contributed by atoms with Gasteiger partial charge in [-0.05, 0) is 98.2 Å². The lowest BCUT2D eigenvalue weighted by Crippen LogP contribution is -2.60. The summed E-state index contributed by atoms with van der Waals surface area (Å²) >= 11 is 0. The standard InChI is InChI=1S/C33H59NO3/c1-7-8-12-29(34)31(36)37-30-20-24(35)19-23-13-14-25-27-16-15-26(22(4)11-9-10-21(2)3)32(27,5)18-17-28(25)33(23,30)6/h21-30,35H,7-20,34H2,1-6H3/t22-,23?,24-,25+,26-,27+,28+,29+,30?,32-,33+/m1/s1. The van der Waals surface area contributed by atoms with Crippen molar-refractivity contribution in [1.82, 2.24) is 0 Å². The molecule has 0 saturated heterocycles. The molecule has 4 heteroatoms. The highest BCUT2D eigenvalue weighted by molar-refractivity contribution is 5.75. The Balaban J connectivity index is 1.50. The van der Waals surface area contributed by atoms with Crippen LogP contribution in [0.4, 0.5) is 0 Å². The van der Waals surface area contributed by atoms with Crippen LogP contribution in [0.1, 0.15) is 131 Å². The molecule has 0 aromatic heterocycles. The molecule has 4 aliphatic rings. The van der Waals surface area contributed by atoms with Crippen LogP contribution in [0.5, 0.6) is 0 Å². The number of fused-ring (bicyclic) bond motifs is 5. The molecule has 0 aliphatic heterocycles. The molecule has 214 valence electrons. The Labute approximate surface area is 228 Å². The first kappa shape index (κ1) is 29.4. The first-order valence-electron chi connectivity index (χ1n) is 16.2. The number of unbranched alkanes of at least 4 members (excludes halogenated alkanes) is 1. The quantitative estimate of drug-likeness (QED) is 0.294. The third-order valence-electron chi connectivity index (χ3n) is 12.3. The van der Waals surface area contributed by atoms with E-state index in [2.05, 4.69) is 41.5 Å². The Morgan fingerprint density at radius 2 is 1.73 bits per heavy atom. The molecule has 0 bridgehead atoms. The number of aliphatic hydroxyl groups excluding tert-OH is 1. The molecule has 3 N–H and O–H groups in total. The van der Waals surface area contributed by atoms with Gasteiger partial charge in [-0.25, -0.2) is 0 Å². The fraction of sp³-hybridized carbons (Fsp3) is 0.970. The van der Waals surface area contributed by atoms with Crippen molar-refractivity contribution in [2.75, 3.05) is 0 Å². The van der Waals surface area contributed by atoms with Crippen LogP contribution < -0.4 is 5.73 Å². The normalized spacial score (nSPS) is 43.0. The highest BCUT2D eigenvalue weighted by Crippen LogP contribution is 2.68. The Kier molecular flexibility index (Phi) is 9.42. The maximum atomic E-state index is 13.1. The molecular weight excluding hydrogens is 458 g/mol. The van der Waals surface area contributed by atoms with Gasteiger partial charge in [-0.3, -0.25) is 4.79 Å². The van der Waals surface area contributed by atoms with E-state index in [9.17, 15) is 9.90 Å². The lowest BCUT2D eigenvalue weighted by molar-refractivity contribution is -0.204. The molecule has 4 saturated carbocycles. The molecule has 0 aromatic rings. The average molecular weight is 518 g/mol. The Hall–Kier alpha value is -0.610. The van der Waals surface area contributed by atoms with Gasteiger partial charge in [-0.15, -0.1) is 0 Å². The summed E-state index contributed by atoms with van der Waals surface area (Å²) in [5, 5.41) is 10.8. The topological polar surface area (TPSA) is 72.6 Å². The van der Waals surface area contributed by atoms with Crippen molar-refractivity contribution in [1.29, 1.82) is 0 Å². The highest BCUT2D eigenvalue weighted by Gasteiger charge is 2.63. The zero-order chi connectivity index (χ0) is 27.0. The summed E-state index contributed by atoms with van der Waals surface area (Å²) in [5.74, 6) is 4.81. The summed E-state index contributed by atoms with van der Waals surface area (Å²) in [5.41, 5.74) is 6.67. The number of ether oxygens (including phenoxy) is 1. The summed E-state index contributed by atoms with van der Waals surface area (Å²) in [6.07, 6.45) is 15.5. The molecular formula is C33H59NO3. The van der Waals surface area contributed by atoms with Gasteiger partial charge in [0.2, 0.25) is 0 Å². The van der Waals surface area contributed by atoms with E-state index >= 15 is 0 Å². The van der Waals surface area contributed by atoms with Gasteiger partial charge in [-0.2, -0.15) is 0 Å². The van der Waals surface area contributed by atoms with Gasteiger partial charge in [0.15, 0.2) is 0 Å². The molecule has 0 aromatic carbocycles. The van der Waals surface area contributed by atoms with Crippen LogP contribution in [0, 0.1) is 52.3 Å². The van der Waals surface area contributed by atoms with Gasteiger partial charge in [-0.1, -0.05) is 73.6 Å². The van der Waals surface area contributed by atoms with Gasteiger partial charge in [0.05, 0.1) is 6.10 Å². The summed E-state index contributed by atoms with van der Waals surface area (Å²) in [6.45, 7) is 14.4. The SMILES string of the molecule is CCCC[C@H](N)C(=O)OC1C[C@H](O)CC2CC[C@@H]3[C@H](CC[C@]4(C)[C@@H]([C@H](C)CCCC(C)C)CC[C@@H]34)[C@]21C. The van der Waals surface area contributed by atoms with Crippen molar-refractivity contribution in [3.8, 4) is 0 Å². The minimum absolute atomic E-state index is 0.0371. The molecule has 11 atom stereocenters. The third-order valence-corrected chi connectivity index (χ3v) is 12.3. The van der Waals surface area contributed by atoms with Crippen LogP contribution in [0.15, 0.2) is 0 Å². The van der Waals surface area contributed by atoms with Crippen molar-refractivity contribution in [3.05, 3.63) is 0 Å². The zero-order valence-electron chi connectivity index (χ0n) is 25.0. The second-order valence-electron chi connectivity index (χ2n) is 14.8. The number of nitrogens with two attached hydrogens (primary N) is 1. The van der Waals surface area contributed by atoms with Gasteiger partial charge in [0.1, 0.15) is 12.1 Å². The maximum absolute atomic E-state index is 13.1. The van der Waals surface area contributed by atoms with Crippen molar-refractivity contribution in [2.45, 2.75) is 150 Å². The molecule has 37 heavy (non-hydrogen) atoms. The van der Waals surface area contributed by atoms with E-state index < -0.39 is 6.04 Å². The van der Waals surface area contributed by atoms with Crippen molar-refractivity contribution >= 4 is 5.97 Å². The molecule has 0 radical (unpaired) electrons. The maximum Gasteiger partial charge on any atom is 0.323 e. The number of aliphatic hydroxyl groups is 1. The predicted molar refractivity (Wildman–Crippen MR) is 152 cm³/mol. The van der Waals surface area contributed by atoms with E-state index in [0.717, 1.165) is 48.9 Å². The third kappa shape index (κ3) is 5.67. The zero-order valence-corrected chi connectivity index (χ0v) is 25.0. The fourth-order valence-corrected chi connectivity index (χ4v) is 10.2. The number of esters is 1. The van der Waals surface area contributed by atoms with Crippen LogP contribution in [0.3, 0.4) is 0 Å². The van der Waals surface area contributed by atoms with Gasteiger partial charge < -0.3 is 15.6 Å². The Morgan fingerprint density at radius 3 is 2.43 bits per heavy atom. The number of hydrogen-bond acceptors (Lipinski definition) is 4. The van der Waals surface area contributed by atoms with Crippen molar-refractivity contribution in [3.63, 3.8) is 0 Å². The smallest absolute Gasteiger partial charge is 0.323 e. The molecule has 4 fully saturated rings. The summed E-state index contributed by atoms with van der Waals surface area (Å²) in [4.78, 5) is 13.1. The van der Waals surface area contributed by atoms with E-state index in [1.165, 1.54) is 57.8 Å². The molecule has 0 spiro atoms. The summed E-state index contributed by atoms with van der Waals surface area (Å²) in [6, 6.07) is -0.539. The van der Waals surface area contributed by atoms with Gasteiger partial charge in [0, 0.05) is 11.8 Å². The number of carbonyl (C=O) groups excluding carboxylic acids is 1. The molecule has 4 aliphatic carbocycles. The largest absolute Gasteiger partial charge is 0.461 e. The van der Waals surface area contributed by atoms with Gasteiger partial charge >= 0.3 is 5.97 Å². The molecule has 2 unspecified atom stereocenters. The average Bonchev–Trinajstić information content (AvgIpc) is 3.20. The van der Waals surface area contributed by atoms with Crippen LogP contribution in [-0.4, -0.2) is 29.3 Å². The van der Waals surface area contributed by atoms with E-state index in [1.54, 1.807) is 0 Å².